The first-order valence-corrected chi connectivity index (χ1v) is 8.31. The van der Waals surface area contributed by atoms with E-state index >= 15 is 0 Å². The predicted molar refractivity (Wildman–Crippen MR) is 89.6 cm³/mol. The van der Waals surface area contributed by atoms with Gasteiger partial charge >= 0.3 is 0 Å². The molecule has 0 bridgehead atoms. The number of nitrogens with zero attached hydrogens (tertiary/aromatic N) is 5. The standard InChI is InChI=1S/C17H25N5O2/c1-12-7-14(19-24-12)11-21(4)17(23)15-9-18-22-6-5-13(8-16(15)22)10-20(2)3/h7,9,13H,5-6,8,10-11H2,1-4H3/t13-/m0/s1. The number of amides is 1. The molecule has 1 aliphatic rings. The first-order valence-electron chi connectivity index (χ1n) is 8.31. The number of carbonyl (C=O) groups is 1. The van der Waals surface area contributed by atoms with Crippen LogP contribution >= 0.6 is 0 Å². The lowest BCUT2D eigenvalue weighted by molar-refractivity contribution is 0.0780. The monoisotopic (exact) mass is 331 g/mol. The molecule has 24 heavy (non-hydrogen) atoms. The Kier molecular flexibility index (Phi) is 4.71. The number of aryl methyl sites for hydroxylation is 2. The van der Waals surface area contributed by atoms with E-state index in [0.29, 0.717) is 18.0 Å². The van der Waals surface area contributed by atoms with Gasteiger partial charge in [-0.1, -0.05) is 5.16 Å². The third-order valence-electron chi connectivity index (χ3n) is 4.46. The van der Waals surface area contributed by atoms with Crippen molar-refractivity contribution in [3.05, 3.63) is 35.0 Å². The summed E-state index contributed by atoms with van der Waals surface area (Å²) in [6, 6.07) is 1.85. The van der Waals surface area contributed by atoms with E-state index < -0.39 is 0 Å². The third-order valence-corrected chi connectivity index (χ3v) is 4.46. The van der Waals surface area contributed by atoms with E-state index in [-0.39, 0.29) is 5.91 Å². The minimum atomic E-state index is -0.0117. The maximum absolute atomic E-state index is 12.8. The zero-order valence-electron chi connectivity index (χ0n) is 14.8. The summed E-state index contributed by atoms with van der Waals surface area (Å²) in [5.74, 6) is 1.31. The Bertz CT molecular complexity index is 718. The maximum Gasteiger partial charge on any atom is 0.257 e. The zero-order valence-corrected chi connectivity index (χ0v) is 14.8. The average Bonchev–Trinajstić information content (AvgIpc) is 3.11. The molecule has 7 nitrogen and oxygen atoms in total. The van der Waals surface area contributed by atoms with E-state index in [0.717, 1.165) is 43.1 Å². The minimum absolute atomic E-state index is 0.0117. The number of hydrogen-bond acceptors (Lipinski definition) is 5. The lowest BCUT2D eigenvalue weighted by Crippen LogP contribution is -2.31. The second-order valence-corrected chi connectivity index (χ2v) is 6.94. The summed E-state index contributed by atoms with van der Waals surface area (Å²) in [5, 5.41) is 8.36. The highest BCUT2D eigenvalue weighted by atomic mass is 16.5. The van der Waals surface area contributed by atoms with Crippen LogP contribution in [0.2, 0.25) is 0 Å². The summed E-state index contributed by atoms with van der Waals surface area (Å²) in [5.41, 5.74) is 2.53. The van der Waals surface area contributed by atoms with Gasteiger partial charge < -0.3 is 14.3 Å². The molecule has 0 aromatic carbocycles. The second-order valence-electron chi connectivity index (χ2n) is 6.94. The van der Waals surface area contributed by atoms with Gasteiger partial charge in [0.25, 0.3) is 5.91 Å². The topological polar surface area (TPSA) is 67.4 Å². The highest BCUT2D eigenvalue weighted by molar-refractivity contribution is 5.95. The Morgan fingerprint density at radius 1 is 1.42 bits per heavy atom. The van der Waals surface area contributed by atoms with E-state index in [1.165, 1.54) is 0 Å². The molecule has 7 heteroatoms. The smallest absolute Gasteiger partial charge is 0.257 e. The number of fused-ring (bicyclic) bond motifs is 1. The minimum Gasteiger partial charge on any atom is -0.361 e. The molecule has 1 amide bonds. The van der Waals surface area contributed by atoms with Gasteiger partial charge in [-0.15, -0.1) is 0 Å². The SMILES string of the molecule is Cc1cc(CN(C)C(=O)c2cnn3c2C[C@@H](CN(C)C)CC3)no1. The molecule has 3 rings (SSSR count). The predicted octanol–water partition coefficient (Wildman–Crippen LogP) is 1.58. The van der Waals surface area contributed by atoms with E-state index in [1.807, 2.05) is 17.7 Å². The van der Waals surface area contributed by atoms with Crippen LogP contribution in [0.5, 0.6) is 0 Å². The van der Waals surface area contributed by atoms with Crippen LogP contribution < -0.4 is 0 Å². The van der Waals surface area contributed by atoms with Gasteiger partial charge in [0, 0.05) is 26.2 Å². The first kappa shape index (κ1) is 16.7. The van der Waals surface area contributed by atoms with Crippen LogP contribution in [0.1, 0.15) is 33.9 Å². The van der Waals surface area contributed by atoms with Crippen molar-refractivity contribution in [3.8, 4) is 0 Å². The molecule has 0 aliphatic carbocycles. The molecule has 0 N–H and O–H groups in total. The van der Waals surface area contributed by atoms with Crippen LogP contribution in [-0.4, -0.2) is 58.3 Å². The molecule has 3 heterocycles. The fourth-order valence-corrected chi connectivity index (χ4v) is 3.36. The van der Waals surface area contributed by atoms with Crippen molar-refractivity contribution in [2.45, 2.75) is 32.9 Å². The molecule has 130 valence electrons. The van der Waals surface area contributed by atoms with Crippen LogP contribution in [0.3, 0.4) is 0 Å². The summed E-state index contributed by atoms with van der Waals surface area (Å²) in [6.07, 6.45) is 3.71. The van der Waals surface area contributed by atoms with Crippen LogP contribution in [0.25, 0.3) is 0 Å². The van der Waals surface area contributed by atoms with E-state index in [1.54, 1.807) is 18.1 Å². The van der Waals surface area contributed by atoms with Crippen molar-refractivity contribution in [3.63, 3.8) is 0 Å². The summed E-state index contributed by atoms with van der Waals surface area (Å²) >= 11 is 0. The molecule has 1 aliphatic heterocycles. The Morgan fingerprint density at radius 3 is 2.88 bits per heavy atom. The molecule has 0 unspecified atom stereocenters. The van der Waals surface area contributed by atoms with Gasteiger partial charge in [-0.2, -0.15) is 5.10 Å². The molecule has 2 aromatic heterocycles. The van der Waals surface area contributed by atoms with Crippen LogP contribution in [-0.2, 0) is 19.5 Å². The molecular formula is C17H25N5O2. The van der Waals surface area contributed by atoms with E-state index in [2.05, 4.69) is 29.3 Å². The quantitative estimate of drug-likeness (QED) is 0.832. The summed E-state index contributed by atoms with van der Waals surface area (Å²) in [4.78, 5) is 16.7. The van der Waals surface area contributed by atoms with Crippen molar-refractivity contribution in [2.75, 3.05) is 27.7 Å². The van der Waals surface area contributed by atoms with Crippen LogP contribution in [0.4, 0.5) is 0 Å². The second kappa shape index (κ2) is 6.76. The highest BCUT2D eigenvalue weighted by Gasteiger charge is 2.27. The maximum atomic E-state index is 12.8. The van der Waals surface area contributed by atoms with Gasteiger partial charge in [-0.3, -0.25) is 9.48 Å². The summed E-state index contributed by atoms with van der Waals surface area (Å²) < 4.78 is 7.05. The number of carbonyl (C=O) groups excluding carboxylic acids is 1. The number of hydrogen-bond donors (Lipinski definition) is 0. The molecule has 0 saturated heterocycles. The first-order chi connectivity index (χ1) is 11.4. The fraction of sp³-hybridized carbons (Fsp3) is 0.588. The number of aromatic nitrogens is 3. The normalized spacial score (nSPS) is 17.1. The van der Waals surface area contributed by atoms with Crippen LogP contribution in [0, 0.1) is 12.8 Å². The van der Waals surface area contributed by atoms with Crippen LogP contribution in [0.15, 0.2) is 16.8 Å². The molecule has 0 spiro atoms. The van der Waals surface area contributed by atoms with Gasteiger partial charge in [0.1, 0.15) is 11.5 Å². The van der Waals surface area contributed by atoms with Crippen molar-refractivity contribution in [1.82, 2.24) is 24.7 Å². The molecule has 0 saturated carbocycles. The Balaban J connectivity index is 1.73. The van der Waals surface area contributed by atoms with Gasteiger partial charge in [0.05, 0.1) is 24.0 Å². The molecular weight excluding hydrogens is 306 g/mol. The molecule has 2 aromatic rings. The Morgan fingerprint density at radius 2 is 2.21 bits per heavy atom. The molecule has 0 radical (unpaired) electrons. The lowest BCUT2D eigenvalue weighted by Gasteiger charge is -2.27. The summed E-state index contributed by atoms with van der Waals surface area (Å²) in [7, 11) is 5.97. The van der Waals surface area contributed by atoms with E-state index in [9.17, 15) is 4.79 Å². The van der Waals surface area contributed by atoms with Gasteiger partial charge in [0.2, 0.25) is 0 Å². The van der Waals surface area contributed by atoms with Crippen molar-refractivity contribution < 1.29 is 9.32 Å². The summed E-state index contributed by atoms with van der Waals surface area (Å²) in [6.45, 7) is 4.19. The number of rotatable bonds is 5. The third kappa shape index (κ3) is 3.51. The van der Waals surface area contributed by atoms with Crippen molar-refractivity contribution >= 4 is 5.91 Å². The van der Waals surface area contributed by atoms with Gasteiger partial charge in [-0.05, 0) is 39.8 Å². The molecule has 1 atom stereocenters. The van der Waals surface area contributed by atoms with Crippen molar-refractivity contribution in [1.29, 1.82) is 0 Å². The lowest BCUT2D eigenvalue weighted by atomic mass is 9.94. The van der Waals surface area contributed by atoms with E-state index in [4.69, 9.17) is 4.52 Å². The largest absolute Gasteiger partial charge is 0.361 e. The fourth-order valence-electron chi connectivity index (χ4n) is 3.36. The average molecular weight is 331 g/mol. The Labute approximate surface area is 142 Å². The van der Waals surface area contributed by atoms with Gasteiger partial charge in [0.15, 0.2) is 0 Å². The Hall–Kier alpha value is -2.15. The highest BCUT2D eigenvalue weighted by Crippen LogP contribution is 2.24. The van der Waals surface area contributed by atoms with Crippen molar-refractivity contribution in [2.24, 2.45) is 5.92 Å². The molecule has 0 fully saturated rings. The zero-order chi connectivity index (χ0) is 17.3. The van der Waals surface area contributed by atoms with Gasteiger partial charge in [-0.25, -0.2) is 0 Å².